The molecule has 0 radical (unpaired) electrons. The minimum Gasteiger partial charge on any atom is -0.497 e. The molecule has 2 fully saturated rings. The Hall–Kier alpha value is -4.59. The molecule has 1 aromatic heterocycles. The molecule has 1 saturated heterocycles. The van der Waals surface area contributed by atoms with E-state index in [0.717, 1.165) is 60.0 Å². The van der Waals surface area contributed by atoms with Crippen LogP contribution in [-0.2, 0) is 19.6 Å². The highest BCUT2D eigenvalue weighted by molar-refractivity contribution is 7.98. The van der Waals surface area contributed by atoms with E-state index in [0.29, 0.717) is 29.1 Å². The van der Waals surface area contributed by atoms with E-state index in [1.807, 2.05) is 84.9 Å². The molecule has 11 nitrogen and oxygen atoms in total. The van der Waals surface area contributed by atoms with Crippen molar-refractivity contribution < 1.29 is 27.5 Å². The summed E-state index contributed by atoms with van der Waals surface area (Å²) in [6.45, 7) is 0.806. The van der Waals surface area contributed by atoms with Crippen LogP contribution in [0.15, 0.2) is 95.9 Å². The number of amides is 2. The standard InChI is InChI=1S/C39H43N5O6S2/c1-49-28-18-19-30-33(21-28)41-32(26-13-7-6-8-14-26)23-35(30)50-29-22-34(44(25-29)52(2,47)48)37(45)42-39-24-27(39)15-9-4-3-5-12-20-40-31-16-10-11-17-36(31)51-43-38(39)46/h6-11,13-19,21,23,27,29,34,40H,3-5,12,20,22,24-25H2,1-2H3,(H,42,45)(H,43,46)/b15-9-/t27?,29-,34?,39-/m1/s1. The first kappa shape index (κ1) is 35.8. The first-order chi connectivity index (χ1) is 25.1. The van der Waals surface area contributed by atoms with Crippen LogP contribution < -0.4 is 24.8 Å². The summed E-state index contributed by atoms with van der Waals surface area (Å²) < 4.78 is 42.5. The Morgan fingerprint density at radius 1 is 1.04 bits per heavy atom. The van der Waals surface area contributed by atoms with E-state index in [1.54, 1.807) is 7.11 Å². The highest BCUT2D eigenvalue weighted by Gasteiger charge is 2.61. The second-order valence-electron chi connectivity index (χ2n) is 13.6. The smallest absolute Gasteiger partial charge is 0.256 e. The highest BCUT2D eigenvalue weighted by Crippen LogP contribution is 2.46. The summed E-state index contributed by atoms with van der Waals surface area (Å²) in [5.74, 6) is 0.0920. The third kappa shape index (κ3) is 7.76. The Labute approximate surface area is 308 Å². The number of nitrogens with zero attached hydrogens (tertiary/aromatic N) is 2. The Balaban J connectivity index is 1.14. The minimum atomic E-state index is -3.82. The number of carbonyl (C=O) groups excluding carboxylic acids is 2. The first-order valence-electron chi connectivity index (χ1n) is 17.6. The van der Waals surface area contributed by atoms with Crippen molar-refractivity contribution in [3.8, 4) is 22.8 Å². The number of carbonyl (C=O) groups is 2. The quantitative estimate of drug-likeness (QED) is 0.155. The van der Waals surface area contributed by atoms with Crippen LogP contribution in [0.5, 0.6) is 11.5 Å². The van der Waals surface area contributed by atoms with Gasteiger partial charge in [0.25, 0.3) is 5.91 Å². The van der Waals surface area contributed by atoms with Crippen LogP contribution in [0.2, 0.25) is 0 Å². The molecule has 3 aromatic carbocycles. The first-order valence-corrected chi connectivity index (χ1v) is 20.3. The van der Waals surface area contributed by atoms with E-state index < -0.39 is 33.6 Å². The van der Waals surface area contributed by atoms with Crippen LogP contribution in [0, 0.1) is 5.92 Å². The van der Waals surface area contributed by atoms with Crippen molar-refractivity contribution in [2.24, 2.45) is 5.92 Å². The number of anilines is 1. The Morgan fingerprint density at radius 3 is 2.65 bits per heavy atom. The average molecular weight is 742 g/mol. The van der Waals surface area contributed by atoms with Crippen LogP contribution in [-0.4, -0.2) is 73.7 Å². The molecule has 1 saturated carbocycles. The SMILES string of the molecule is COc1ccc2c(O[C@@H]3CC(C(=O)N[C@]45CC4/C=C\CCCCCNc4ccccc4SNC5=O)N(S(C)(=O)=O)C3)cc(-c3ccccc3)nc2c1. The predicted octanol–water partition coefficient (Wildman–Crippen LogP) is 5.93. The topological polar surface area (TPSA) is 139 Å². The van der Waals surface area contributed by atoms with Gasteiger partial charge in [-0.05, 0) is 61.9 Å². The number of fused-ring (bicyclic) bond motifs is 3. The van der Waals surface area contributed by atoms with Gasteiger partial charge in [-0.15, -0.1) is 0 Å². The van der Waals surface area contributed by atoms with E-state index in [1.165, 1.54) is 16.3 Å². The van der Waals surface area contributed by atoms with Crippen LogP contribution in [0.4, 0.5) is 5.69 Å². The Morgan fingerprint density at radius 2 is 1.85 bits per heavy atom. The van der Waals surface area contributed by atoms with Gasteiger partial charge in [-0.25, -0.2) is 13.4 Å². The number of methoxy groups -OCH3 is 1. The third-order valence-electron chi connectivity index (χ3n) is 9.93. The molecule has 1 aliphatic carbocycles. The summed E-state index contributed by atoms with van der Waals surface area (Å²) in [5.41, 5.74) is 1.96. The van der Waals surface area contributed by atoms with Gasteiger partial charge < -0.3 is 20.1 Å². The number of para-hydroxylation sites is 1. The lowest BCUT2D eigenvalue weighted by atomic mass is 10.1. The summed E-state index contributed by atoms with van der Waals surface area (Å²) in [7, 11) is -2.23. The molecule has 0 spiro atoms. The number of rotatable bonds is 7. The zero-order chi connectivity index (χ0) is 36.3. The molecule has 3 N–H and O–H groups in total. The van der Waals surface area contributed by atoms with Crippen molar-refractivity contribution in [1.29, 1.82) is 0 Å². The zero-order valence-electron chi connectivity index (χ0n) is 29.2. The predicted molar refractivity (Wildman–Crippen MR) is 204 cm³/mol. The Bertz CT molecular complexity index is 2100. The minimum absolute atomic E-state index is 0.0281. The number of hydrogen-bond acceptors (Lipinski definition) is 9. The number of ether oxygens (including phenoxy) is 2. The van der Waals surface area contributed by atoms with Crippen molar-refractivity contribution in [3.05, 3.63) is 91.0 Å². The van der Waals surface area contributed by atoms with Gasteiger partial charge in [-0.1, -0.05) is 61.0 Å². The van der Waals surface area contributed by atoms with Gasteiger partial charge in [0, 0.05) is 47.7 Å². The third-order valence-corrected chi connectivity index (χ3v) is 12.0. The molecule has 272 valence electrons. The van der Waals surface area contributed by atoms with Crippen molar-refractivity contribution in [2.75, 3.05) is 31.8 Å². The molecule has 13 heteroatoms. The highest BCUT2D eigenvalue weighted by atomic mass is 32.2. The van der Waals surface area contributed by atoms with Gasteiger partial charge in [-0.3, -0.25) is 14.3 Å². The average Bonchev–Trinajstić information content (AvgIpc) is 3.66. The fraction of sp³-hybridized carbons (Fsp3) is 0.359. The van der Waals surface area contributed by atoms with Gasteiger partial charge in [0.05, 0.1) is 36.0 Å². The van der Waals surface area contributed by atoms with Crippen molar-refractivity contribution in [2.45, 2.75) is 61.1 Å². The molecule has 3 aliphatic rings. The van der Waals surface area contributed by atoms with Gasteiger partial charge in [0.2, 0.25) is 15.9 Å². The summed E-state index contributed by atoms with van der Waals surface area (Å²) in [6, 6.07) is 23.8. The number of allylic oxidation sites excluding steroid dienone is 1. The van der Waals surface area contributed by atoms with E-state index in [2.05, 4.69) is 21.4 Å². The zero-order valence-corrected chi connectivity index (χ0v) is 30.8. The van der Waals surface area contributed by atoms with E-state index in [-0.39, 0.29) is 24.8 Å². The molecule has 52 heavy (non-hydrogen) atoms. The van der Waals surface area contributed by atoms with Crippen molar-refractivity contribution >= 4 is 50.4 Å². The number of aromatic nitrogens is 1. The lowest BCUT2D eigenvalue weighted by molar-refractivity contribution is -0.131. The van der Waals surface area contributed by atoms with Gasteiger partial charge in [-0.2, -0.15) is 4.31 Å². The van der Waals surface area contributed by atoms with Crippen LogP contribution in [0.1, 0.15) is 38.5 Å². The summed E-state index contributed by atoms with van der Waals surface area (Å²) in [5, 5.41) is 7.22. The molecule has 3 heterocycles. The maximum atomic E-state index is 14.2. The van der Waals surface area contributed by atoms with Crippen LogP contribution in [0.3, 0.4) is 0 Å². The van der Waals surface area contributed by atoms with E-state index in [9.17, 15) is 18.0 Å². The molecular weight excluding hydrogens is 699 g/mol. The summed E-state index contributed by atoms with van der Waals surface area (Å²) in [6.07, 6.45) is 9.07. The van der Waals surface area contributed by atoms with E-state index in [4.69, 9.17) is 14.5 Å². The normalized spacial score (nSPS) is 24.6. The second-order valence-corrected chi connectivity index (χ2v) is 16.4. The second kappa shape index (κ2) is 15.2. The molecular formula is C39H43N5O6S2. The van der Waals surface area contributed by atoms with E-state index >= 15 is 0 Å². The lowest BCUT2D eigenvalue weighted by Gasteiger charge is -2.25. The molecule has 0 bridgehead atoms. The molecule has 7 rings (SSSR count). The molecule has 4 aromatic rings. The van der Waals surface area contributed by atoms with Crippen molar-refractivity contribution in [3.63, 3.8) is 0 Å². The molecule has 2 aliphatic heterocycles. The number of benzene rings is 3. The summed E-state index contributed by atoms with van der Waals surface area (Å²) in [4.78, 5) is 33.8. The number of nitrogens with one attached hydrogen (secondary N) is 3. The van der Waals surface area contributed by atoms with Crippen LogP contribution >= 0.6 is 11.9 Å². The maximum Gasteiger partial charge on any atom is 0.256 e. The molecule has 4 atom stereocenters. The fourth-order valence-corrected chi connectivity index (χ4v) is 8.89. The van der Waals surface area contributed by atoms with Gasteiger partial charge >= 0.3 is 0 Å². The molecule has 2 unspecified atom stereocenters. The number of sulfonamides is 1. The van der Waals surface area contributed by atoms with Gasteiger partial charge in [0.15, 0.2) is 0 Å². The number of hydrogen-bond donors (Lipinski definition) is 3. The van der Waals surface area contributed by atoms with Gasteiger partial charge in [0.1, 0.15) is 29.2 Å². The van der Waals surface area contributed by atoms with Crippen LogP contribution in [0.25, 0.3) is 22.2 Å². The maximum absolute atomic E-state index is 14.2. The number of pyridine rings is 1. The monoisotopic (exact) mass is 741 g/mol. The largest absolute Gasteiger partial charge is 0.497 e. The fourth-order valence-electron chi connectivity index (χ4n) is 7.02. The lowest BCUT2D eigenvalue weighted by Crippen LogP contribution is -2.54. The molecule has 2 amide bonds. The van der Waals surface area contributed by atoms with Crippen molar-refractivity contribution in [1.82, 2.24) is 19.3 Å². The Kier molecular flexibility index (Phi) is 10.4. The summed E-state index contributed by atoms with van der Waals surface area (Å²) >= 11 is 1.21.